The average Bonchev–Trinajstić information content (AvgIpc) is 1.84. The Bertz CT molecular complexity index is 119. The molecule has 9 heavy (non-hydrogen) atoms. The SMILES string of the molecule is C=C[C@@H](C)[C@@H](O)C(=O)O. The molecule has 0 heterocycles. The van der Waals surface area contributed by atoms with Crippen LogP contribution in [-0.2, 0) is 4.79 Å². The summed E-state index contributed by atoms with van der Waals surface area (Å²) in [5, 5.41) is 16.9. The summed E-state index contributed by atoms with van der Waals surface area (Å²) in [5.41, 5.74) is 0. The number of rotatable bonds is 3. The second kappa shape index (κ2) is 3.25. The molecule has 0 fully saturated rings. The van der Waals surface area contributed by atoms with E-state index < -0.39 is 12.1 Å². The standard InChI is InChI=1S/C6H10O3/c1-3-4(2)5(7)6(8)9/h3-5,7H,1H2,2H3,(H,8,9)/t4-,5-/m1/s1. The first kappa shape index (κ1) is 8.17. The molecule has 0 spiro atoms. The molecule has 0 aliphatic carbocycles. The van der Waals surface area contributed by atoms with Crippen LogP contribution in [0.5, 0.6) is 0 Å². The first-order valence-electron chi connectivity index (χ1n) is 2.63. The molecule has 2 N–H and O–H groups in total. The fourth-order valence-corrected chi connectivity index (χ4v) is 0.354. The topological polar surface area (TPSA) is 57.5 Å². The van der Waals surface area contributed by atoms with Crippen molar-refractivity contribution in [2.45, 2.75) is 13.0 Å². The number of aliphatic hydroxyl groups is 1. The van der Waals surface area contributed by atoms with Crippen molar-refractivity contribution in [3.05, 3.63) is 12.7 Å². The highest BCUT2D eigenvalue weighted by molar-refractivity contribution is 5.72. The molecule has 2 atom stereocenters. The van der Waals surface area contributed by atoms with Crippen molar-refractivity contribution < 1.29 is 15.0 Å². The number of aliphatic hydroxyl groups excluding tert-OH is 1. The number of carboxylic acid groups (broad SMARTS) is 1. The van der Waals surface area contributed by atoms with Gasteiger partial charge in [0.05, 0.1) is 0 Å². The van der Waals surface area contributed by atoms with E-state index in [4.69, 9.17) is 10.2 Å². The number of carboxylic acids is 1. The third kappa shape index (κ3) is 2.28. The van der Waals surface area contributed by atoms with Gasteiger partial charge in [0.15, 0.2) is 6.10 Å². The van der Waals surface area contributed by atoms with Crippen LogP contribution in [0.2, 0.25) is 0 Å². The van der Waals surface area contributed by atoms with Crippen LogP contribution < -0.4 is 0 Å². The van der Waals surface area contributed by atoms with Crippen LogP contribution in [0.1, 0.15) is 6.92 Å². The van der Waals surface area contributed by atoms with Gasteiger partial charge in [-0.05, 0) is 0 Å². The second-order valence-electron chi connectivity index (χ2n) is 1.88. The minimum Gasteiger partial charge on any atom is -0.479 e. The first-order chi connectivity index (χ1) is 4.09. The Morgan fingerprint density at radius 2 is 2.22 bits per heavy atom. The summed E-state index contributed by atoms with van der Waals surface area (Å²) in [7, 11) is 0. The van der Waals surface area contributed by atoms with Gasteiger partial charge in [-0.3, -0.25) is 0 Å². The highest BCUT2D eigenvalue weighted by atomic mass is 16.4. The molecule has 0 aromatic rings. The molecule has 0 aliphatic heterocycles. The molecule has 0 aromatic heterocycles. The van der Waals surface area contributed by atoms with Gasteiger partial charge in [-0.15, -0.1) is 6.58 Å². The van der Waals surface area contributed by atoms with Gasteiger partial charge in [0, 0.05) is 5.92 Å². The summed E-state index contributed by atoms with van der Waals surface area (Å²) in [6.45, 7) is 4.93. The van der Waals surface area contributed by atoms with E-state index in [-0.39, 0.29) is 5.92 Å². The van der Waals surface area contributed by atoms with E-state index in [0.29, 0.717) is 0 Å². The van der Waals surface area contributed by atoms with Crippen LogP contribution in [0.4, 0.5) is 0 Å². The fraction of sp³-hybridized carbons (Fsp3) is 0.500. The third-order valence-electron chi connectivity index (χ3n) is 1.12. The molecule has 0 radical (unpaired) electrons. The first-order valence-corrected chi connectivity index (χ1v) is 2.63. The van der Waals surface area contributed by atoms with Gasteiger partial charge in [-0.25, -0.2) is 4.79 Å². The maximum atomic E-state index is 10.0. The normalized spacial score (nSPS) is 16.2. The fourth-order valence-electron chi connectivity index (χ4n) is 0.354. The molecule has 0 saturated heterocycles. The Labute approximate surface area is 53.6 Å². The molecular formula is C6H10O3. The van der Waals surface area contributed by atoms with Crippen LogP contribution >= 0.6 is 0 Å². The van der Waals surface area contributed by atoms with Crippen molar-refractivity contribution >= 4 is 5.97 Å². The summed E-state index contributed by atoms with van der Waals surface area (Å²) in [6, 6.07) is 0. The van der Waals surface area contributed by atoms with E-state index in [2.05, 4.69) is 6.58 Å². The molecule has 52 valence electrons. The van der Waals surface area contributed by atoms with Crippen LogP contribution in [0.3, 0.4) is 0 Å². The van der Waals surface area contributed by atoms with Crippen LogP contribution in [0.15, 0.2) is 12.7 Å². The molecule has 3 nitrogen and oxygen atoms in total. The molecule has 0 unspecified atom stereocenters. The van der Waals surface area contributed by atoms with Gasteiger partial charge >= 0.3 is 5.97 Å². The molecule has 0 aromatic carbocycles. The predicted octanol–water partition coefficient (Wildman–Crippen LogP) is 0.254. The zero-order chi connectivity index (χ0) is 7.44. The zero-order valence-electron chi connectivity index (χ0n) is 5.24. The summed E-state index contributed by atoms with van der Waals surface area (Å²) in [4.78, 5) is 10.0. The van der Waals surface area contributed by atoms with Crippen molar-refractivity contribution in [1.82, 2.24) is 0 Å². The maximum absolute atomic E-state index is 10.0. The Morgan fingerprint density at radius 3 is 2.33 bits per heavy atom. The van der Waals surface area contributed by atoms with E-state index in [1.807, 2.05) is 0 Å². The Hall–Kier alpha value is -0.830. The molecule has 0 bridgehead atoms. The quantitative estimate of drug-likeness (QED) is 0.538. The van der Waals surface area contributed by atoms with Crippen LogP contribution in [0.25, 0.3) is 0 Å². The van der Waals surface area contributed by atoms with Crippen molar-refractivity contribution in [1.29, 1.82) is 0 Å². The Morgan fingerprint density at radius 1 is 1.78 bits per heavy atom. The summed E-state index contributed by atoms with van der Waals surface area (Å²) >= 11 is 0. The molecule has 0 saturated carbocycles. The lowest BCUT2D eigenvalue weighted by molar-refractivity contribution is -0.148. The van der Waals surface area contributed by atoms with Crippen molar-refractivity contribution in [3.63, 3.8) is 0 Å². The Balaban J connectivity index is 3.86. The molecule has 0 aliphatic rings. The number of hydrogen-bond donors (Lipinski definition) is 2. The maximum Gasteiger partial charge on any atom is 0.333 e. The van der Waals surface area contributed by atoms with E-state index in [1.165, 1.54) is 6.08 Å². The van der Waals surface area contributed by atoms with Crippen molar-refractivity contribution in [2.24, 2.45) is 5.92 Å². The van der Waals surface area contributed by atoms with Crippen LogP contribution in [0, 0.1) is 5.92 Å². The van der Waals surface area contributed by atoms with Gasteiger partial charge in [-0.1, -0.05) is 13.0 Å². The Kier molecular flexibility index (Phi) is 2.95. The largest absolute Gasteiger partial charge is 0.479 e. The predicted molar refractivity (Wildman–Crippen MR) is 33.0 cm³/mol. The smallest absolute Gasteiger partial charge is 0.333 e. The monoisotopic (exact) mass is 130 g/mol. The van der Waals surface area contributed by atoms with Crippen molar-refractivity contribution in [3.8, 4) is 0 Å². The van der Waals surface area contributed by atoms with Gasteiger partial charge in [0.2, 0.25) is 0 Å². The number of aliphatic carboxylic acids is 1. The van der Waals surface area contributed by atoms with E-state index >= 15 is 0 Å². The van der Waals surface area contributed by atoms with E-state index in [9.17, 15) is 4.79 Å². The lowest BCUT2D eigenvalue weighted by Crippen LogP contribution is -2.25. The summed E-state index contributed by atoms with van der Waals surface area (Å²) in [5.74, 6) is -1.59. The zero-order valence-corrected chi connectivity index (χ0v) is 5.24. The van der Waals surface area contributed by atoms with Gasteiger partial charge in [0.25, 0.3) is 0 Å². The lowest BCUT2D eigenvalue weighted by Gasteiger charge is -2.08. The molecule has 0 amide bonds. The summed E-state index contributed by atoms with van der Waals surface area (Å²) in [6.07, 6.45) is 0.0844. The number of hydrogen-bond acceptors (Lipinski definition) is 2. The highest BCUT2D eigenvalue weighted by Gasteiger charge is 2.17. The number of carbonyl (C=O) groups is 1. The molecular weight excluding hydrogens is 120 g/mol. The minimum atomic E-state index is -1.32. The van der Waals surface area contributed by atoms with Gasteiger partial charge in [-0.2, -0.15) is 0 Å². The van der Waals surface area contributed by atoms with Crippen molar-refractivity contribution in [2.75, 3.05) is 0 Å². The second-order valence-corrected chi connectivity index (χ2v) is 1.88. The van der Waals surface area contributed by atoms with E-state index in [1.54, 1.807) is 6.92 Å². The highest BCUT2D eigenvalue weighted by Crippen LogP contribution is 2.02. The van der Waals surface area contributed by atoms with Crippen LogP contribution in [-0.4, -0.2) is 22.3 Å². The van der Waals surface area contributed by atoms with E-state index in [0.717, 1.165) is 0 Å². The summed E-state index contributed by atoms with van der Waals surface area (Å²) < 4.78 is 0. The average molecular weight is 130 g/mol. The molecule has 0 rings (SSSR count). The molecule has 3 heteroatoms. The minimum absolute atomic E-state index is 0.387. The van der Waals surface area contributed by atoms with Gasteiger partial charge < -0.3 is 10.2 Å². The third-order valence-corrected chi connectivity index (χ3v) is 1.12. The van der Waals surface area contributed by atoms with Gasteiger partial charge in [0.1, 0.15) is 0 Å². The lowest BCUT2D eigenvalue weighted by atomic mass is 10.1.